The van der Waals surface area contributed by atoms with E-state index in [0.717, 1.165) is 37.2 Å². The summed E-state index contributed by atoms with van der Waals surface area (Å²) in [7, 11) is 0. The maximum absolute atomic E-state index is 11.7. The number of carbonyl (C=O) groups excluding carboxylic acids is 1. The number of unbranched alkanes of at least 4 members (excludes halogenated alkanes) is 1. The topological polar surface area (TPSA) is 66.4 Å². The van der Waals surface area contributed by atoms with Crippen molar-refractivity contribution in [3.63, 3.8) is 0 Å². The molecule has 0 spiro atoms. The van der Waals surface area contributed by atoms with E-state index in [1.54, 1.807) is 11.8 Å². The number of thioether (sulfide) groups is 1. The molecular formula is C13H25NNaO3S3. The number of carbonyl (C=O) groups is 2. The van der Waals surface area contributed by atoms with Gasteiger partial charge in [0.2, 0.25) is 5.91 Å². The Morgan fingerprint density at radius 2 is 1.90 bits per heavy atom. The third-order valence-corrected chi connectivity index (χ3v) is 4.32. The first kappa shape index (κ1) is 24.2. The van der Waals surface area contributed by atoms with Crippen LogP contribution in [0.3, 0.4) is 0 Å². The number of rotatable bonds is 12. The Balaban J connectivity index is 0. The zero-order chi connectivity index (χ0) is 15.4. The number of amides is 1. The molecule has 0 aliphatic carbocycles. The fourth-order valence-electron chi connectivity index (χ4n) is 1.72. The fraction of sp³-hybridized carbons (Fsp3) is 0.846. The molecule has 0 saturated heterocycles. The van der Waals surface area contributed by atoms with E-state index in [1.165, 1.54) is 0 Å². The normalized spacial score (nSPS) is 13.1. The Morgan fingerprint density at radius 3 is 2.43 bits per heavy atom. The van der Waals surface area contributed by atoms with Crippen LogP contribution in [0.5, 0.6) is 0 Å². The van der Waals surface area contributed by atoms with Gasteiger partial charge < -0.3 is 10.4 Å². The molecular weight excluding hydrogens is 337 g/mol. The second-order valence-electron chi connectivity index (χ2n) is 4.65. The standard InChI is InChI=1S/C13H25NO3S3.Na/c1-20-9-7-11(13(16)17)14-12(15)5-3-2-4-10(19)6-8-18;/h10-11,18-19H,2-9H2,1H3,(H,14,15)(H,16,17);/t10?,11-;/m0./s1. The second-order valence-corrected chi connectivity index (χ2v) is 6.81. The van der Waals surface area contributed by atoms with Gasteiger partial charge in [-0.25, -0.2) is 4.79 Å². The minimum atomic E-state index is -0.961. The summed E-state index contributed by atoms with van der Waals surface area (Å²) in [6.07, 6.45) is 6.38. The van der Waals surface area contributed by atoms with Crippen LogP contribution in [0.1, 0.15) is 38.5 Å². The summed E-state index contributed by atoms with van der Waals surface area (Å²) in [5.74, 6) is 0.409. The Morgan fingerprint density at radius 1 is 1.24 bits per heavy atom. The molecule has 1 unspecified atom stereocenters. The molecule has 2 N–H and O–H groups in total. The molecule has 0 saturated carbocycles. The zero-order valence-electron chi connectivity index (χ0n) is 12.9. The zero-order valence-corrected chi connectivity index (χ0v) is 17.5. The van der Waals surface area contributed by atoms with Crippen molar-refractivity contribution in [2.24, 2.45) is 0 Å². The molecule has 0 rings (SSSR count). The molecule has 2 atom stereocenters. The SMILES string of the molecule is CSCC[C@H](NC(=O)CCCCC(S)CCS)C(=O)O.[Na]. The molecule has 0 aliphatic rings. The first-order valence-electron chi connectivity index (χ1n) is 6.81. The number of nitrogens with one attached hydrogen (secondary N) is 1. The summed E-state index contributed by atoms with van der Waals surface area (Å²) < 4.78 is 0. The molecule has 0 aromatic carbocycles. The van der Waals surface area contributed by atoms with Crippen LogP contribution in [0.25, 0.3) is 0 Å². The Bertz CT molecular complexity index is 296. The summed E-state index contributed by atoms with van der Waals surface area (Å²) in [5.41, 5.74) is 0. The first-order chi connectivity index (χ1) is 9.51. The Kier molecular flexibility index (Phi) is 18.3. The summed E-state index contributed by atoms with van der Waals surface area (Å²) in [6.45, 7) is 0. The monoisotopic (exact) mass is 362 g/mol. The average Bonchev–Trinajstić information content (AvgIpc) is 2.39. The van der Waals surface area contributed by atoms with Crippen molar-refractivity contribution in [1.29, 1.82) is 0 Å². The maximum Gasteiger partial charge on any atom is 0.326 e. The molecule has 21 heavy (non-hydrogen) atoms. The number of thiol groups is 2. The van der Waals surface area contributed by atoms with Gasteiger partial charge in [-0.2, -0.15) is 37.0 Å². The predicted octanol–water partition coefficient (Wildman–Crippen LogP) is 2.11. The number of aliphatic carboxylic acids is 1. The molecule has 1 radical (unpaired) electrons. The maximum atomic E-state index is 11.7. The van der Waals surface area contributed by atoms with Crippen LogP contribution in [0, 0.1) is 0 Å². The fourth-order valence-corrected chi connectivity index (χ4v) is 3.02. The molecule has 0 fully saturated rings. The first-order valence-corrected chi connectivity index (χ1v) is 9.35. The van der Waals surface area contributed by atoms with Crippen LogP contribution in [0.4, 0.5) is 0 Å². The van der Waals surface area contributed by atoms with Gasteiger partial charge in [-0.15, -0.1) is 0 Å². The van der Waals surface area contributed by atoms with E-state index >= 15 is 0 Å². The molecule has 0 heterocycles. The number of hydrogen-bond acceptors (Lipinski definition) is 5. The van der Waals surface area contributed by atoms with Crippen molar-refractivity contribution < 1.29 is 14.7 Å². The van der Waals surface area contributed by atoms with E-state index in [1.807, 2.05) is 6.26 Å². The van der Waals surface area contributed by atoms with Crippen LogP contribution >= 0.6 is 37.0 Å². The molecule has 0 aromatic rings. The summed E-state index contributed by atoms with van der Waals surface area (Å²) in [4.78, 5) is 22.7. The van der Waals surface area contributed by atoms with Crippen LogP contribution in [-0.4, -0.2) is 75.6 Å². The average molecular weight is 363 g/mol. The quantitative estimate of drug-likeness (QED) is 0.244. The summed E-state index contributed by atoms with van der Waals surface area (Å²) >= 11 is 10.2. The summed E-state index contributed by atoms with van der Waals surface area (Å²) in [5, 5.41) is 11.9. The predicted molar refractivity (Wildman–Crippen MR) is 98.0 cm³/mol. The Labute approximate surface area is 165 Å². The Hall–Kier alpha value is 0.990. The van der Waals surface area contributed by atoms with Crippen LogP contribution < -0.4 is 5.32 Å². The van der Waals surface area contributed by atoms with Crippen LogP contribution in [0.15, 0.2) is 0 Å². The minimum Gasteiger partial charge on any atom is -0.480 e. The van der Waals surface area contributed by atoms with E-state index in [2.05, 4.69) is 30.6 Å². The van der Waals surface area contributed by atoms with E-state index < -0.39 is 12.0 Å². The van der Waals surface area contributed by atoms with Crippen molar-refractivity contribution in [1.82, 2.24) is 5.32 Å². The van der Waals surface area contributed by atoms with Crippen LogP contribution in [0.2, 0.25) is 0 Å². The van der Waals surface area contributed by atoms with E-state index in [4.69, 9.17) is 5.11 Å². The van der Waals surface area contributed by atoms with Gasteiger partial charge in [0.05, 0.1) is 0 Å². The van der Waals surface area contributed by atoms with Gasteiger partial charge in [-0.1, -0.05) is 6.42 Å². The third kappa shape index (κ3) is 14.3. The molecule has 8 heteroatoms. The van der Waals surface area contributed by atoms with Gasteiger partial charge in [-0.05, 0) is 43.4 Å². The van der Waals surface area contributed by atoms with E-state index in [9.17, 15) is 9.59 Å². The molecule has 0 bridgehead atoms. The number of carboxylic acids is 1. The largest absolute Gasteiger partial charge is 0.480 e. The van der Waals surface area contributed by atoms with Gasteiger partial charge in [0.25, 0.3) is 0 Å². The molecule has 119 valence electrons. The molecule has 0 aromatic heterocycles. The van der Waals surface area contributed by atoms with E-state index in [0.29, 0.717) is 18.1 Å². The van der Waals surface area contributed by atoms with Gasteiger partial charge in [-0.3, -0.25) is 4.79 Å². The van der Waals surface area contributed by atoms with Gasteiger partial charge in [0, 0.05) is 41.2 Å². The van der Waals surface area contributed by atoms with Gasteiger partial charge in [0.15, 0.2) is 0 Å². The third-order valence-electron chi connectivity index (χ3n) is 2.90. The van der Waals surface area contributed by atoms with Crippen LogP contribution in [-0.2, 0) is 9.59 Å². The van der Waals surface area contributed by atoms with Gasteiger partial charge in [0.1, 0.15) is 6.04 Å². The molecule has 4 nitrogen and oxygen atoms in total. The van der Waals surface area contributed by atoms with Gasteiger partial charge >= 0.3 is 5.97 Å². The number of carboxylic acid groups (broad SMARTS) is 1. The smallest absolute Gasteiger partial charge is 0.326 e. The van der Waals surface area contributed by atoms with E-state index in [-0.39, 0.29) is 35.5 Å². The van der Waals surface area contributed by atoms with Crippen molar-refractivity contribution in [2.75, 3.05) is 17.8 Å². The summed E-state index contributed by atoms with van der Waals surface area (Å²) in [6, 6.07) is -0.767. The van der Waals surface area contributed by atoms with Crippen molar-refractivity contribution in [3.8, 4) is 0 Å². The van der Waals surface area contributed by atoms with Crippen molar-refractivity contribution in [3.05, 3.63) is 0 Å². The second kappa shape index (κ2) is 15.9. The minimum absolute atomic E-state index is 0. The molecule has 0 aliphatic heterocycles. The van der Waals surface area contributed by atoms with Crippen molar-refractivity contribution in [2.45, 2.75) is 49.8 Å². The van der Waals surface area contributed by atoms with Crippen molar-refractivity contribution >= 4 is 78.5 Å². The number of hydrogen-bond donors (Lipinski definition) is 4. The molecule has 1 amide bonds.